The first kappa shape index (κ1) is 25.3. The molecule has 1 amide bonds. The molecular weight excluding hydrogens is 414 g/mol. The second-order valence-corrected chi connectivity index (χ2v) is 7.99. The molecule has 0 spiro atoms. The van der Waals surface area contributed by atoms with Gasteiger partial charge in [-0.2, -0.15) is 0 Å². The molecule has 174 valence electrons. The number of carbonyl (C=O) groups is 1. The van der Waals surface area contributed by atoms with Crippen LogP contribution in [0.25, 0.3) is 6.08 Å². The minimum atomic E-state index is -0.964. The summed E-state index contributed by atoms with van der Waals surface area (Å²) in [7, 11) is 1.56. The minimum absolute atomic E-state index is 0.384. The van der Waals surface area contributed by atoms with Gasteiger partial charge in [0.05, 0.1) is 13.7 Å². The molecule has 0 radical (unpaired) electrons. The summed E-state index contributed by atoms with van der Waals surface area (Å²) in [6.07, 6.45) is 3.52. The number of nitrogens with one attached hydrogen (secondary N) is 1. The zero-order valence-corrected chi connectivity index (χ0v) is 19.3. The normalized spacial score (nSPS) is 11.6. The molecule has 2 aromatic rings. The van der Waals surface area contributed by atoms with E-state index in [0.717, 1.165) is 25.1 Å². The Hall–Kier alpha value is -2.93. The van der Waals surface area contributed by atoms with E-state index in [1.54, 1.807) is 25.3 Å². The van der Waals surface area contributed by atoms with Crippen LogP contribution in [0.15, 0.2) is 42.5 Å². The summed E-state index contributed by atoms with van der Waals surface area (Å²) in [5.74, 6) is -1.19. The molecule has 0 heterocycles. The van der Waals surface area contributed by atoms with Crippen LogP contribution < -0.4 is 14.8 Å². The first-order valence-corrected chi connectivity index (χ1v) is 10.7. The lowest BCUT2D eigenvalue weighted by atomic mass is 10.2. The van der Waals surface area contributed by atoms with Gasteiger partial charge in [0.1, 0.15) is 0 Å². The van der Waals surface area contributed by atoms with Crippen molar-refractivity contribution in [1.82, 2.24) is 4.90 Å². The number of anilines is 1. The average Bonchev–Trinajstić information content (AvgIpc) is 2.74. The van der Waals surface area contributed by atoms with Crippen LogP contribution in [0.2, 0.25) is 0 Å². The van der Waals surface area contributed by atoms with Crippen LogP contribution in [0.4, 0.5) is 14.5 Å². The predicted octanol–water partition coefficient (Wildman–Crippen LogP) is 5.51. The summed E-state index contributed by atoms with van der Waals surface area (Å²) < 4.78 is 37.6. The van der Waals surface area contributed by atoms with Gasteiger partial charge < -0.3 is 14.8 Å². The van der Waals surface area contributed by atoms with E-state index in [2.05, 4.69) is 37.9 Å². The first-order chi connectivity index (χ1) is 15.2. The molecule has 0 aliphatic heterocycles. The van der Waals surface area contributed by atoms with Crippen molar-refractivity contribution in [3.05, 3.63) is 59.7 Å². The molecule has 5 nitrogen and oxygen atoms in total. The highest BCUT2D eigenvalue weighted by Gasteiger charge is 2.13. The molecule has 0 unspecified atom stereocenters. The fraction of sp³-hybridized carbons (Fsp3) is 0.400. The fourth-order valence-electron chi connectivity index (χ4n) is 3.38. The number of methoxy groups -OCH3 is 1. The summed E-state index contributed by atoms with van der Waals surface area (Å²) in [5, 5.41) is 2.73. The predicted molar refractivity (Wildman–Crippen MR) is 124 cm³/mol. The molecule has 0 atom stereocenters. The Labute approximate surface area is 189 Å². The molecule has 0 saturated heterocycles. The van der Waals surface area contributed by atoms with Crippen LogP contribution in [0.3, 0.4) is 0 Å². The van der Waals surface area contributed by atoms with E-state index in [-0.39, 0.29) is 0 Å². The summed E-state index contributed by atoms with van der Waals surface area (Å²) in [4.78, 5) is 14.6. The number of halogens is 2. The summed E-state index contributed by atoms with van der Waals surface area (Å²) >= 11 is 0. The lowest BCUT2D eigenvalue weighted by Crippen LogP contribution is -2.38. The molecule has 1 N–H and O–H groups in total. The standard InChI is InChI=1S/C25H32F2N2O3/c1-17(2)29(18(3)4)13-6-14-32-24-16-20(9-11-23(24)31-5)28-25(30)12-8-19-7-10-21(26)22(27)15-19/h7-12,15-18H,6,13-14H2,1-5H3,(H,28,30). The van der Waals surface area contributed by atoms with Gasteiger partial charge >= 0.3 is 0 Å². The highest BCUT2D eigenvalue weighted by atomic mass is 19.2. The maximum absolute atomic E-state index is 13.3. The number of ether oxygens (including phenoxy) is 2. The lowest BCUT2D eigenvalue weighted by molar-refractivity contribution is -0.111. The number of hydrogen-bond donors (Lipinski definition) is 1. The highest BCUT2D eigenvalue weighted by Crippen LogP contribution is 2.30. The van der Waals surface area contributed by atoms with Gasteiger partial charge in [-0.15, -0.1) is 0 Å². The molecule has 0 bridgehead atoms. The van der Waals surface area contributed by atoms with Gasteiger partial charge in [-0.3, -0.25) is 9.69 Å². The van der Waals surface area contributed by atoms with Crippen LogP contribution in [0.5, 0.6) is 11.5 Å². The Bertz CT molecular complexity index is 921. The molecule has 7 heteroatoms. The second kappa shape index (κ2) is 12.2. The third-order valence-corrected chi connectivity index (χ3v) is 4.95. The molecule has 2 aromatic carbocycles. The van der Waals surface area contributed by atoms with Crippen LogP contribution in [-0.2, 0) is 4.79 Å². The maximum Gasteiger partial charge on any atom is 0.248 e. The van der Waals surface area contributed by atoms with E-state index in [1.165, 1.54) is 18.2 Å². The third kappa shape index (κ3) is 7.64. The lowest BCUT2D eigenvalue weighted by Gasteiger charge is -2.30. The van der Waals surface area contributed by atoms with E-state index in [9.17, 15) is 13.6 Å². The highest BCUT2D eigenvalue weighted by molar-refractivity contribution is 6.02. The summed E-state index contributed by atoms with van der Waals surface area (Å²) in [6.45, 7) is 10.1. The number of benzene rings is 2. The van der Waals surface area contributed by atoms with Gasteiger partial charge in [0.2, 0.25) is 5.91 Å². The number of amides is 1. The Kier molecular flexibility index (Phi) is 9.65. The van der Waals surface area contributed by atoms with Gasteiger partial charge in [-0.05, 0) is 70.0 Å². The molecule has 0 aliphatic carbocycles. The van der Waals surface area contributed by atoms with Crippen LogP contribution in [-0.4, -0.2) is 43.2 Å². The largest absolute Gasteiger partial charge is 0.493 e. The number of nitrogens with zero attached hydrogens (tertiary/aromatic N) is 1. The van der Waals surface area contributed by atoms with Crippen LogP contribution >= 0.6 is 0 Å². The molecule has 0 aromatic heterocycles. The molecule has 0 saturated carbocycles. The average molecular weight is 447 g/mol. The van der Waals surface area contributed by atoms with E-state index >= 15 is 0 Å². The van der Waals surface area contributed by atoms with Gasteiger partial charge in [-0.25, -0.2) is 8.78 Å². The Morgan fingerprint density at radius 3 is 2.38 bits per heavy atom. The second-order valence-electron chi connectivity index (χ2n) is 7.99. The Morgan fingerprint density at radius 1 is 1.03 bits per heavy atom. The van der Waals surface area contributed by atoms with Crippen molar-refractivity contribution in [2.75, 3.05) is 25.6 Å². The zero-order chi connectivity index (χ0) is 23.7. The van der Waals surface area contributed by atoms with Crippen molar-refractivity contribution in [2.24, 2.45) is 0 Å². The third-order valence-electron chi connectivity index (χ3n) is 4.95. The smallest absolute Gasteiger partial charge is 0.248 e. The molecule has 0 fully saturated rings. The molecule has 0 aliphatic rings. The Balaban J connectivity index is 1.97. The van der Waals surface area contributed by atoms with Crippen molar-refractivity contribution in [3.63, 3.8) is 0 Å². The minimum Gasteiger partial charge on any atom is -0.493 e. The molecular formula is C25H32F2N2O3. The summed E-state index contributed by atoms with van der Waals surface area (Å²) in [6, 6.07) is 9.48. The van der Waals surface area contributed by atoms with Crippen molar-refractivity contribution in [2.45, 2.75) is 46.2 Å². The van der Waals surface area contributed by atoms with Crippen molar-refractivity contribution in [1.29, 1.82) is 0 Å². The zero-order valence-electron chi connectivity index (χ0n) is 19.3. The van der Waals surface area contributed by atoms with Gasteiger partial charge in [0.25, 0.3) is 0 Å². The van der Waals surface area contributed by atoms with Gasteiger partial charge in [0.15, 0.2) is 23.1 Å². The van der Waals surface area contributed by atoms with Crippen molar-refractivity contribution in [3.8, 4) is 11.5 Å². The Morgan fingerprint density at radius 2 is 1.75 bits per heavy atom. The van der Waals surface area contributed by atoms with E-state index in [1.807, 2.05) is 0 Å². The SMILES string of the molecule is COc1ccc(NC(=O)C=Cc2ccc(F)c(F)c2)cc1OCCCN(C(C)C)C(C)C. The van der Waals surface area contributed by atoms with Crippen LogP contribution in [0.1, 0.15) is 39.7 Å². The number of carbonyl (C=O) groups excluding carboxylic acids is 1. The topological polar surface area (TPSA) is 50.8 Å². The van der Waals surface area contributed by atoms with Crippen molar-refractivity contribution >= 4 is 17.7 Å². The van der Waals surface area contributed by atoms with Crippen molar-refractivity contribution < 1.29 is 23.0 Å². The maximum atomic E-state index is 13.3. The van der Waals surface area contributed by atoms with Gasteiger partial charge in [0, 0.05) is 36.5 Å². The van der Waals surface area contributed by atoms with E-state index < -0.39 is 17.5 Å². The number of hydrogen-bond acceptors (Lipinski definition) is 4. The van der Waals surface area contributed by atoms with Crippen LogP contribution in [0, 0.1) is 11.6 Å². The monoisotopic (exact) mass is 446 g/mol. The van der Waals surface area contributed by atoms with Gasteiger partial charge in [-0.1, -0.05) is 6.07 Å². The number of rotatable bonds is 11. The quantitative estimate of drug-likeness (QED) is 0.365. The molecule has 2 rings (SSSR count). The fourth-order valence-corrected chi connectivity index (χ4v) is 3.38. The molecule has 32 heavy (non-hydrogen) atoms. The van der Waals surface area contributed by atoms with E-state index in [0.29, 0.717) is 41.4 Å². The first-order valence-electron chi connectivity index (χ1n) is 10.7. The summed E-state index contributed by atoms with van der Waals surface area (Å²) in [5.41, 5.74) is 0.918. The van der Waals surface area contributed by atoms with E-state index in [4.69, 9.17) is 9.47 Å².